The van der Waals surface area contributed by atoms with Gasteiger partial charge in [-0.05, 0) is 30.0 Å². The van der Waals surface area contributed by atoms with E-state index in [0.29, 0.717) is 5.56 Å². The SMILES string of the molecule is Cc1cc(Cl)c(O)c(C(C)CC(=O)O)c1. The average Bonchev–Trinajstić information content (AvgIpc) is 2.09. The molecule has 0 aliphatic rings. The van der Waals surface area contributed by atoms with Gasteiger partial charge in [0.1, 0.15) is 5.75 Å². The number of aliphatic carboxylic acids is 1. The molecule has 0 heterocycles. The van der Waals surface area contributed by atoms with Crippen LogP contribution < -0.4 is 0 Å². The van der Waals surface area contributed by atoms with Crippen LogP contribution in [0.5, 0.6) is 5.75 Å². The molecule has 1 rings (SSSR count). The second kappa shape index (κ2) is 4.53. The van der Waals surface area contributed by atoms with Crippen molar-refractivity contribution in [3.8, 4) is 5.75 Å². The summed E-state index contributed by atoms with van der Waals surface area (Å²) in [6.07, 6.45) is -0.0205. The van der Waals surface area contributed by atoms with Crippen LogP contribution in [0.1, 0.15) is 30.4 Å². The lowest BCUT2D eigenvalue weighted by Gasteiger charge is -2.13. The molecule has 0 radical (unpaired) electrons. The van der Waals surface area contributed by atoms with Gasteiger partial charge in [-0.3, -0.25) is 4.79 Å². The predicted octanol–water partition coefficient (Wildman–Crippen LogP) is 2.93. The smallest absolute Gasteiger partial charge is 0.303 e. The molecule has 1 unspecified atom stereocenters. The molecule has 0 spiro atoms. The van der Waals surface area contributed by atoms with Gasteiger partial charge in [0.25, 0.3) is 0 Å². The van der Waals surface area contributed by atoms with Crippen molar-refractivity contribution in [2.24, 2.45) is 0 Å². The lowest BCUT2D eigenvalue weighted by molar-refractivity contribution is -0.137. The third kappa shape index (κ3) is 2.86. The van der Waals surface area contributed by atoms with Crippen molar-refractivity contribution < 1.29 is 15.0 Å². The maximum Gasteiger partial charge on any atom is 0.303 e. The van der Waals surface area contributed by atoms with E-state index in [-0.39, 0.29) is 23.1 Å². The highest BCUT2D eigenvalue weighted by Gasteiger charge is 2.16. The molecule has 0 saturated heterocycles. The number of carboxylic acids is 1. The molecule has 0 saturated carbocycles. The summed E-state index contributed by atoms with van der Waals surface area (Å²) in [4.78, 5) is 10.5. The Hall–Kier alpha value is -1.22. The van der Waals surface area contributed by atoms with E-state index in [4.69, 9.17) is 16.7 Å². The Bertz CT molecular complexity index is 388. The summed E-state index contributed by atoms with van der Waals surface area (Å²) in [5, 5.41) is 18.6. The van der Waals surface area contributed by atoms with Crippen LogP contribution in [0.15, 0.2) is 12.1 Å². The van der Waals surface area contributed by atoms with Gasteiger partial charge in [0.15, 0.2) is 0 Å². The Kier molecular flexibility index (Phi) is 3.58. The fourth-order valence-electron chi connectivity index (χ4n) is 1.51. The second-order valence-corrected chi connectivity index (χ2v) is 4.09. The van der Waals surface area contributed by atoms with Crippen LogP contribution in [0.2, 0.25) is 5.02 Å². The zero-order valence-corrected chi connectivity index (χ0v) is 9.38. The first kappa shape index (κ1) is 11.9. The Labute approximate surface area is 93.3 Å². The highest BCUT2D eigenvalue weighted by atomic mass is 35.5. The summed E-state index contributed by atoms with van der Waals surface area (Å²) >= 11 is 5.80. The average molecular weight is 229 g/mol. The van der Waals surface area contributed by atoms with Crippen molar-refractivity contribution in [1.29, 1.82) is 0 Å². The number of aryl methyl sites for hydroxylation is 1. The van der Waals surface area contributed by atoms with E-state index in [2.05, 4.69) is 0 Å². The van der Waals surface area contributed by atoms with Gasteiger partial charge in [0.2, 0.25) is 0 Å². The monoisotopic (exact) mass is 228 g/mol. The van der Waals surface area contributed by atoms with Gasteiger partial charge in [-0.2, -0.15) is 0 Å². The van der Waals surface area contributed by atoms with Crippen LogP contribution in [0.3, 0.4) is 0 Å². The zero-order chi connectivity index (χ0) is 11.6. The summed E-state index contributed by atoms with van der Waals surface area (Å²) in [7, 11) is 0. The first-order valence-corrected chi connectivity index (χ1v) is 5.00. The quantitative estimate of drug-likeness (QED) is 0.836. The Morgan fingerprint density at radius 1 is 1.53 bits per heavy atom. The van der Waals surface area contributed by atoms with Gasteiger partial charge in [0, 0.05) is 0 Å². The number of carboxylic acid groups (broad SMARTS) is 1. The molecule has 0 aromatic heterocycles. The molecule has 1 aromatic rings. The van der Waals surface area contributed by atoms with Gasteiger partial charge in [-0.25, -0.2) is 0 Å². The number of aromatic hydroxyl groups is 1. The van der Waals surface area contributed by atoms with E-state index in [9.17, 15) is 9.90 Å². The Morgan fingerprint density at radius 3 is 2.67 bits per heavy atom. The number of rotatable bonds is 3. The summed E-state index contributed by atoms with van der Waals surface area (Å²) < 4.78 is 0. The van der Waals surface area contributed by atoms with Crippen molar-refractivity contribution in [1.82, 2.24) is 0 Å². The van der Waals surface area contributed by atoms with E-state index in [1.54, 1.807) is 19.1 Å². The first-order valence-electron chi connectivity index (χ1n) is 4.62. The van der Waals surface area contributed by atoms with Gasteiger partial charge in [-0.15, -0.1) is 0 Å². The predicted molar refractivity (Wildman–Crippen MR) is 58.5 cm³/mol. The topological polar surface area (TPSA) is 57.5 Å². The van der Waals surface area contributed by atoms with Crippen LogP contribution in [-0.4, -0.2) is 16.2 Å². The molecule has 0 amide bonds. The van der Waals surface area contributed by atoms with Crippen molar-refractivity contribution >= 4 is 17.6 Å². The van der Waals surface area contributed by atoms with Crippen LogP contribution in [-0.2, 0) is 4.79 Å². The largest absolute Gasteiger partial charge is 0.506 e. The lowest BCUT2D eigenvalue weighted by Crippen LogP contribution is -2.03. The van der Waals surface area contributed by atoms with Crippen molar-refractivity contribution in [3.05, 3.63) is 28.3 Å². The molecule has 0 aliphatic carbocycles. The number of carbonyl (C=O) groups is 1. The van der Waals surface area contributed by atoms with Gasteiger partial charge >= 0.3 is 5.97 Å². The lowest BCUT2D eigenvalue weighted by atomic mass is 9.95. The van der Waals surface area contributed by atoms with Crippen molar-refractivity contribution in [3.63, 3.8) is 0 Å². The van der Waals surface area contributed by atoms with Crippen LogP contribution in [0.4, 0.5) is 0 Å². The molecule has 4 heteroatoms. The van der Waals surface area contributed by atoms with E-state index in [1.807, 2.05) is 6.92 Å². The molecule has 3 nitrogen and oxygen atoms in total. The number of phenolic OH excluding ortho intramolecular Hbond substituents is 1. The van der Waals surface area contributed by atoms with E-state index in [1.165, 1.54) is 0 Å². The second-order valence-electron chi connectivity index (χ2n) is 3.68. The zero-order valence-electron chi connectivity index (χ0n) is 8.62. The minimum atomic E-state index is -0.889. The van der Waals surface area contributed by atoms with Gasteiger partial charge < -0.3 is 10.2 Å². The third-order valence-corrected chi connectivity index (χ3v) is 2.54. The summed E-state index contributed by atoms with van der Waals surface area (Å²) in [6.45, 7) is 3.60. The van der Waals surface area contributed by atoms with Crippen LogP contribution in [0.25, 0.3) is 0 Å². The summed E-state index contributed by atoms with van der Waals surface area (Å²) in [5.41, 5.74) is 1.49. The van der Waals surface area contributed by atoms with E-state index < -0.39 is 5.97 Å². The van der Waals surface area contributed by atoms with Crippen molar-refractivity contribution in [2.45, 2.75) is 26.2 Å². The summed E-state index contributed by atoms with van der Waals surface area (Å²) in [6, 6.07) is 3.41. The van der Waals surface area contributed by atoms with Crippen LogP contribution in [0, 0.1) is 6.92 Å². The number of hydrogen-bond donors (Lipinski definition) is 2. The highest BCUT2D eigenvalue weighted by molar-refractivity contribution is 6.32. The molecule has 1 atom stereocenters. The molecule has 0 bridgehead atoms. The molecule has 1 aromatic carbocycles. The molecule has 0 aliphatic heterocycles. The maximum atomic E-state index is 10.5. The first-order chi connectivity index (χ1) is 6.91. The molecule has 82 valence electrons. The molecule has 15 heavy (non-hydrogen) atoms. The number of halogens is 1. The number of phenols is 1. The maximum absolute atomic E-state index is 10.5. The normalized spacial score (nSPS) is 12.5. The van der Waals surface area contributed by atoms with Gasteiger partial charge in [0.05, 0.1) is 11.4 Å². The van der Waals surface area contributed by atoms with Crippen LogP contribution >= 0.6 is 11.6 Å². The van der Waals surface area contributed by atoms with Crippen molar-refractivity contribution in [2.75, 3.05) is 0 Å². The third-order valence-electron chi connectivity index (χ3n) is 2.25. The Balaban J connectivity index is 3.07. The minimum absolute atomic E-state index is 0.0176. The standard InChI is InChI=1S/C11H13ClO3/c1-6-3-8(7(2)5-10(13)14)11(15)9(12)4-6/h3-4,7,15H,5H2,1-2H3,(H,13,14). The number of benzene rings is 1. The molecular formula is C11H13ClO3. The summed E-state index contributed by atoms with van der Waals surface area (Å²) in [5.74, 6) is -1.16. The fourth-order valence-corrected chi connectivity index (χ4v) is 1.79. The van der Waals surface area contributed by atoms with E-state index in [0.717, 1.165) is 5.56 Å². The van der Waals surface area contributed by atoms with Gasteiger partial charge in [-0.1, -0.05) is 24.6 Å². The fraction of sp³-hybridized carbons (Fsp3) is 0.364. The van der Waals surface area contributed by atoms with E-state index >= 15 is 0 Å². The highest BCUT2D eigenvalue weighted by Crippen LogP contribution is 2.35. The molecule has 2 N–H and O–H groups in total. The Morgan fingerprint density at radius 2 is 2.13 bits per heavy atom. The minimum Gasteiger partial charge on any atom is -0.506 e. The molecular weight excluding hydrogens is 216 g/mol. The number of hydrogen-bond acceptors (Lipinski definition) is 2. The molecule has 0 fully saturated rings.